The second-order valence-electron chi connectivity index (χ2n) is 5.88. The summed E-state index contributed by atoms with van der Waals surface area (Å²) in [5, 5.41) is 16.2. The fraction of sp³-hybridized carbons (Fsp3) is 0.150. The highest BCUT2D eigenvalue weighted by Gasteiger charge is 2.08. The van der Waals surface area contributed by atoms with Crippen molar-refractivity contribution in [2.45, 2.75) is 20.4 Å². The molecule has 3 aromatic rings. The van der Waals surface area contributed by atoms with Crippen LogP contribution in [0.2, 0.25) is 0 Å². The van der Waals surface area contributed by atoms with Crippen molar-refractivity contribution in [1.29, 1.82) is 5.26 Å². The molecule has 0 bridgehead atoms. The molecule has 0 radical (unpaired) electrons. The number of aryl methyl sites for hydroxylation is 2. The van der Waals surface area contributed by atoms with Gasteiger partial charge in [-0.05, 0) is 61.9 Å². The highest BCUT2D eigenvalue weighted by atomic mass is 16.1. The molecule has 0 atom stereocenters. The van der Waals surface area contributed by atoms with Gasteiger partial charge < -0.3 is 5.32 Å². The van der Waals surface area contributed by atoms with Crippen LogP contribution in [0.3, 0.4) is 0 Å². The van der Waals surface area contributed by atoms with Crippen LogP contribution in [-0.2, 0) is 6.54 Å². The molecule has 3 rings (SSSR count). The Hall–Kier alpha value is -3.39. The summed E-state index contributed by atoms with van der Waals surface area (Å²) in [4.78, 5) is 12.3. The third-order valence-electron chi connectivity index (χ3n) is 3.89. The van der Waals surface area contributed by atoms with Crippen LogP contribution in [-0.4, -0.2) is 15.7 Å². The molecule has 1 amide bonds. The lowest BCUT2D eigenvalue weighted by Crippen LogP contribution is -2.22. The summed E-state index contributed by atoms with van der Waals surface area (Å²) >= 11 is 0. The normalized spacial score (nSPS) is 10.3. The van der Waals surface area contributed by atoms with E-state index in [9.17, 15) is 4.79 Å². The lowest BCUT2D eigenvalue weighted by Gasteiger charge is -2.08. The maximum atomic E-state index is 12.3. The summed E-state index contributed by atoms with van der Waals surface area (Å²) in [7, 11) is 0. The summed E-state index contributed by atoms with van der Waals surface area (Å²) < 4.78 is 1.85. The average molecular weight is 330 g/mol. The number of aromatic nitrogens is 2. The van der Waals surface area contributed by atoms with Crippen LogP contribution in [0.15, 0.2) is 54.6 Å². The molecule has 25 heavy (non-hydrogen) atoms. The van der Waals surface area contributed by atoms with Crippen LogP contribution in [0.25, 0.3) is 5.69 Å². The summed E-state index contributed by atoms with van der Waals surface area (Å²) in [5.41, 5.74) is 4.99. The molecular weight excluding hydrogens is 312 g/mol. The highest BCUT2D eigenvalue weighted by Crippen LogP contribution is 2.13. The molecule has 5 heteroatoms. The van der Waals surface area contributed by atoms with Crippen molar-refractivity contribution in [3.63, 3.8) is 0 Å². The maximum absolute atomic E-state index is 12.3. The van der Waals surface area contributed by atoms with Crippen LogP contribution in [0.1, 0.15) is 32.9 Å². The van der Waals surface area contributed by atoms with E-state index in [1.54, 1.807) is 24.3 Å². The Morgan fingerprint density at radius 1 is 1.16 bits per heavy atom. The lowest BCUT2D eigenvalue weighted by molar-refractivity contribution is 0.0951. The molecule has 0 aliphatic heterocycles. The number of benzene rings is 2. The first-order valence-corrected chi connectivity index (χ1v) is 7.98. The zero-order chi connectivity index (χ0) is 17.8. The Morgan fingerprint density at radius 2 is 1.92 bits per heavy atom. The number of hydrogen-bond donors (Lipinski definition) is 1. The van der Waals surface area contributed by atoms with Crippen molar-refractivity contribution >= 4 is 5.91 Å². The Bertz CT molecular complexity index is 949. The topological polar surface area (TPSA) is 70.7 Å². The van der Waals surface area contributed by atoms with E-state index in [0.717, 1.165) is 22.6 Å². The molecule has 1 N–H and O–H groups in total. The van der Waals surface area contributed by atoms with Gasteiger partial charge in [-0.25, -0.2) is 4.68 Å². The Kier molecular flexibility index (Phi) is 4.62. The third-order valence-corrected chi connectivity index (χ3v) is 3.89. The number of hydrogen-bond acceptors (Lipinski definition) is 3. The average Bonchev–Trinajstić information content (AvgIpc) is 2.98. The van der Waals surface area contributed by atoms with Crippen LogP contribution >= 0.6 is 0 Å². The first kappa shape index (κ1) is 16.5. The van der Waals surface area contributed by atoms with E-state index >= 15 is 0 Å². The van der Waals surface area contributed by atoms with Crippen molar-refractivity contribution in [2.75, 3.05) is 0 Å². The molecule has 0 fully saturated rings. The van der Waals surface area contributed by atoms with Gasteiger partial charge in [-0.3, -0.25) is 4.79 Å². The third kappa shape index (κ3) is 3.75. The van der Waals surface area contributed by atoms with Crippen molar-refractivity contribution < 1.29 is 4.79 Å². The zero-order valence-electron chi connectivity index (χ0n) is 14.2. The van der Waals surface area contributed by atoms with E-state index in [0.29, 0.717) is 17.7 Å². The second-order valence-corrected chi connectivity index (χ2v) is 5.88. The second kappa shape index (κ2) is 7.02. The molecule has 0 spiro atoms. The molecule has 2 aromatic carbocycles. The minimum absolute atomic E-state index is 0.151. The molecule has 5 nitrogen and oxygen atoms in total. The molecule has 0 aliphatic rings. The van der Waals surface area contributed by atoms with Gasteiger partial charge in [0.15, 0.2) is 0 Å². The SMILES string of the molecule is Cc1cc(C)n(-c2ccc(C(=O)NCc3cccc(C#N)c3)cc2)n1. The van der Waals surface area contributed by atoms with E-state index in [1.165, 1.54) is 0 Å². The largest absolute Gasteiger partial charge is 0.348 e. The predicted octanol–water partition coefficient (Wildman–Crippen LogP) is 3.29. The minimum Gasteiger partial charge on any atom is -0.348 e. The van der Waals surface area contributed by atoms with E-state index in [-0.39, 0.29) is 5.91 Å². The van der Waals surface area contributed by atoms with Gasteiger partial charge in [-0.2, -0.15) is 10.4 Å². The Morgan fingerprint density at radius 3 is 2.56 bits per heavy atom. The van der Waals surface area contributed by atoms with Gasteiger partial charge in [0, 0.05) is 17.8 Å². The van der Waals surface area contributed by atoms with Crippen LogP contribution in [0, 0.1) is 25.2 Å². The van der Waals surface area contributed by atoms with Crippen molar-refractivity contribution in [3.8, 4) is 11.8 Å². The molecule has 0 saturated carbocycles. The maximum Gasteiger partial charge on any atom is 0.251 e. The number of carbonyl (C=O) groups excluding carboxylic acids is 1. The number of rotatable bonds is 4. The first-order valence-electron chi connectivity index (χ1n) is 7.98. The van der Waals surface area contributed by atoms with Crippen LogP contribution in [0.4, 0.5) is 0 Å². The van der Waals surface area contributed by atoms with Crippen molar-refractivity contribution in [2.24, 2.45) is 0 Å². The Balaban J connectivity index is 1.68. The molecule has 124 valence electrons. The molecule has 0 saturated heterocycles. The van der Waals surface area contributed by atoms with Gasteiger partial charge in [-0.1, -0.05) is 12.1 Å². The van der Waals surface area contributed by atoms with Crippen LogP contribution in [0.5, 0.6) is 0 Å². The van der Waals surface area contributed by atoms with Gasteiger partial charge in [-0.15, -0.1) is 0 Å². The smallest absolute Gasteiger partial charge is 0.251 e. The zero-order valence-corrected chi connectivity index (χ0v) is 14.2. The van der Waals surface area contributed by atoms with E-state index < -0.39 is 0 Å². The van der Waals surface area contributed by atoms with Gasteiger partial charge >= 0.3 is 0 Å². The Labute approximate surface area is 146 Å². The number of carbonyl (C=O) groups is 1. The molecule has 1 aromatic heterocycles. The van der Waals surface area contributed by atoms with Gasteiger partial charge in [0.05, 0.1) is 23.0 Å². The molecule has 1 heterocycles. The molecule has 0 aliphatic carbocycles. The van der Waals surface area contributed by atoms with Gasteiger partial charge in [0.1, 0.15) is 0 Å². The lowest BCUT2D eigenvalue weighted by atomic mass is 10.1. The number of amides is 1. The summed E-state index contributed by atoms with van der Waals surface area (Å²) in [6.45, 7) is 4.33. The van der Waals surface area contributed by atoms with Crippen molar-refractivity contribution in [3.05, 3.63) is 82.7 Å². The quantitative estimate of drug-likeness (QED) is 0.798. The fourth-order valence-corrected chi connectivity index (χ4v) is 2.68. The minimum atomic E-state index is -0.151. The monoisotopic (exact) mass is 330 g/mol. The summed E-state index contributed by atoms with van der Waals surface area (Å²) in [6, 6.07) is 18.6. The highest BCUT2D eigenvalue weighted by molar-refractivity contribution is 5.94. The first-order chi connectivity index (χ1) is 12.1. The van der Waals surface area contributed by atoms with Crippen LogP contribution < -0.4 is 5.32 Å². The molecule has 0 unspecified atom stereocenters. The number of nitrogens with zero attached hydrogens (tertiary/aromatic N) is 3. The van der Waals surface area contributed by atoms with Gasteiger partial charge in [0.25, 0.3) is 5.91 Å². The standard InChI is InChI=1S/C20H18N4O/c1-14-10-15(2)24(23-14)19-8-6-18(7-9-19)20(25)22-13-17-5-3-4-16(11-17)12-21/h3-11H,13H2,1-2H3,(H,22,25). The van der Waals surface area contributed by atoms with E-state index in [1.807, 2.05) is 48.9 Å². The summed E-state index contributed by atoms with van der Waals surface area (Å²) in [6.07, 6.45) is 0. The summed E-state index contributed by atoms with van der Waals surface area (Å²) in [5.74, 6) is -0.151. The molecular formula is C20H18N4O. The van der Waals surface area contributed by atoms with E-state index in [2.05, 4.69) is 16.5 Å². The predicted molar refractivity (Wildman–Crippen MR) is 95.4 cm³/mol. The van der Waals surface area contributed by atoms with Crippen molar-refractivity contribution in [1.82, 2.24) is 15.1 Å². The fourth-order valence-electron chi connectivity index (χ4n) is 2.68. The van der Waals surface area contributed by atoms with Gasteiger partial charge in [0.2, 0.25) is 0 Å². The number of nitrogens with one attached hydrogen (secondary N) is 1. The van der Waals surface area contributed by atoms with E-state index in [4.69, 9.17) is 5.26 Å². The number of nitriles is 1.